The van der Waals surface area contributed by atoms with Crippen LogP contribution in [0.15, 0.2) is 131 Å². The minimum Gasteiger partial charge on any atom is -0.376 e. The van der Waals surface area contributed by atoms with Crippen molar-refractivity contribution in [2.75, 3.05) is 81.9 Å². The number of hydrogen-bond donors (Lipinski definition) is 2. The van der Waals surface area contributed by atoms with Gasteiger partial charge in [-0.05, 0) is 155 Å². The first-order valence-electron chi connectivity index (χ1n) is 23.1. The Labute approximate surface area is 398 Å². The molecule has 15 heteroatoms. The average molecular weight is 951 g/mol. The van der Waals surface area contributed by atoms with E-state index in [0.29, 0.717) is 10.8 Å². The highest BCUT2D eigenvalue weighted by molar-refractivity contribution is 7.99. The molecule has 0 spiro atoms. The fourth-order valence-electron chi connectivity index (χ4n) is 9.61. The second-order valence-corrected chi connectivity index (χ2v) is 21.1. The molecule has 0 aliphatic carbocycles. The van der Waals surface area contributed by atoms with Crippen molar-refractivity contribution in [3.8, 4) is 11.1 Å². The van der Waals surface area contributed by atoms with E-state index in [1.807, 2.05) is 54.6 Å². The fraction of sp³-hybridized carbons (Fsp3) is 0.392. The lowest BCUT2D eigenvalue weighted by Gasteiger charge is -2.39. The Bertz CT molecular complexity index is 2510. The van der Waals surface area contributed by atoms with Crippen molar-refractivity contribution in [3.05, 3.63) is 148 Å². The van der Waals surface area contributed by atoms with Gasteiger partial charge in [0.25, 0.3) is 21.6 Å². The summed E-state index contributed by atoms with van der Waals surface area (Å²) in [4.78, 5) is 35.6. The third-order valence-corrected chi connectivity index (χ3v) is 16.3. The summed E-state index contributed by atoms with van der Waals surface area (Å²) < 4.78 is 29.3. The second-order valence-electron chi connectivity index (χ2n) is 17.9. The monoisotopic (exact) mass is 949 g/mol. The summed E-state index contributed by atoms with van der Waals surface area (Å²) in [5, 5.41) is 16.6. The number of benzene rings is 5. The molecule has 0 radical (unpaired) electrons. The normalized spacial score (nSPS) is 17.6. The molecular weight excluding hydrogens is 890 g/mol. The van der Waals surface area contributed by atoms with E-state index in [1.165, 1.54) is 62.0 Å². The van der Waals surface area contributed by atoms with Gasteiger partial charge in [0.05, 0.1) is 9.82 Å². The smallest absolute Gasteiger partial charge is 0.293 e. The zero-order valence-electron chi connectivity index (χ0n) is 37.6. The van der Waals surface area contributed by atoms with E-state index in [-0.39, 0.29) is 27.9 Å². The number of halogens is 1. The number of nitro groups is 1. The van der Waals surface area contributed by atoms with Crippen LogP contribution in [0.2, 0.25) is 5.02 Å². The van der Waals surface area contributed by atoms with Crippen LogP contribution in [0.25, 0.3) is 11.1 Å². The van der Waals surface area contributed by atoms with Gasteiger partial charge in [-0.1, -0.05) is 66.2 Å². The molecule has 0 bridgehead atoms. The number of carbonyl (C=O) groups excluding carboxylic acids is 1. The summed E-state index contributed by atoms with van der Waals surface area (Å²) in [6.45, 7) is 9.43. The number of hydrogen-bond acceptors (Lipinski definition) is 11. The summed E-state index contributed by atoms with van der Waals surface area (Å²) in [5.74, 6) is 1.44. The van der Waals surface area contributed by atoms with Crippen molar-refractivity contribution in [2.45, 2.75) is 54.5 Å². The maximum atomic E-state index is 13.6. The Morgan fingerprint density at radius 2 is 1.44 bits per heavy atom. The first-order valence-corrected chi connectivity index (χ1v) is 25.9. The molecule has 66 heavy (non-hydrogen) atoms. The average Bonchev–Trinajstić information content (AvgIpc) is 3.34. The van der Waals surface area contributed by atoms with Crippen LogP contribution < -0.4 is 14.9 Å². The number of anilines is 2. The second kappa shape index (κ2) is 22.2. The largest absolute Gasteiger partial charge is 0.376 e. The minimum absolute atomic E-state index is 0.127. The van der Waals surface area contributed by atoms with Gasteiger partial charge >= 0.3 is 0 Å². The number of nitrogens with zero attached hydrogens (tertiary/aromatic N) is 5. The number of amides is 1. The highest BCUT2D eigenvalue weighted by atomic mass is 35.5. The van der Waals surface area contributed by atoms with Crippen LogP contribution in [0.4, 0.5) is 17.1 Å². The maximum absolute atomic E-state index is 13.6. The van der Waals surface area contributed by atoms with Crippen LogP contribution in [0.1, 0.15) is 48.0 Å². The van der Waals surface area contributed by atoms with Crippen molar-refractivity contribution in [1.29, 1.82) is 0 Å². The van der Waals surface area contributed by atoms with Crippen LogP contribution in [-0.4, -0.2) is 112 Å². The molecule has 348 valence electrons. The summed E-state index contributed by atoms with van der Waals surface area (Å²) in [7, 11) is -2.24. The SMILES string of the molecule is CN1CCC(C2CCN(CC[C@H](CSc3ccccc3)Nc3ccc(S(=O)(=O)NC(=O)c4ccc(N5CCN(Cc6ccccc6-c6ccc(Cl)cc6)CC5)cc4)cc3[N+](=O)[O-])CC2)CC1. The lowest BCUT2D eigenvalue weighted by atomic mass is 9.79. The van der Waals surface area contributed by atoms with E-state index in [4.69, 9.17) is 11.6 Å². The van der Waals surface area contributed by atoms with Crippen LogP contribution in [-0.2, 0) is 16.6 Å². The molecule has 3 heterocycles. The third kappa shape index (κ3) is 12.5. The van der Waals surface area contributed by atoms with Crippen LogP contribution in [0, 0.1) is 22.0 Å². The lowest BCUT2D eigenvalue weighted by Crippen LogP contribution is -2.46. The number of likely N-dealkylation sites (tertiary alicyclic amines) is 2. The van der Waals surface area contributed by atoms with Crippen LogP contribution >= 0.6 is 23.4 Å². The molecule has 12 nitrogen and oxygen atoms in total. The van der Waals surface area contributed by atoms with E-state index >= 15 is 0 Å². The van der Waals surface area contributed by atoms with Gasteiger partial charge < -0.3 is 20.0 Å². The van der Waals surface area contributed by atoms with Gasteiger partial charge in [-0.25, -0.2) is 13.1 Å². The fourth-order valence-corrected chi connectivity index (χ4v) is 11.7. The number of carbonyl (C=O) groups is 1. The van der Waals surface area contributed by atoms with E-state index in [9.17, 15) is 23.3 Å². The first kappa shape index (κ1) is 47.5. The van der Waals surface area contributed by atoms with Gasteiger partial charge in [-0.2, -0.15) is 0 Å². The predicted molar refractivity (Wildman–Crippen MR) is 267 cm³/mol. The third-order valence-electron chi connectivity index (χ3n) is 13.5. The van der Waals surface area contributed by atoms with Gasteiger partial charge in [0, 0.05) is 78.3 Å². The molecular formula is C51H60ClN7O5S2. The van der Waals surface area contributed by atoms with Gasteiger partial charge in [0.2, 0.25) is 0 Å². The van der Waals surface area contributed by atoms with Crippen molar-refractivity contribution >= 4 is 56.4 Å². The lowest BCUT2D eigenvalue weighted by molar-refractivity contribution is -0.384. The topological polar surface area (TPSA) is 131 Å². The molecule has 1 amide bonds. The zero-order valence-corrected chi connectivity index (χ0v) is 40.0. The molecule has 3 fully saturated rings. The molecule has 5 aromatic carbocycles. The molecule has 3 saturated heterocycles. The zero-order chi connectivity index (χ0) is 46.0. The van der Waals surface area contributed by atoms with Crippen molar-refractivity contribution in [2.24, 2.45) is 11.8 Å². The first-order chi connectivity index (χ1) is 32.0. The Morgan fingerprint density at radius 3 is 2.12 bits per heavy atom. The number of piperazine rings is 1. The summed E-state index contributed by atoms with van der Waals surface area (Å²) >= 11 is 7.82. The van der Waals surface area contributed by atoms with Crippen LogP contribution in [0.3, 0.4) is 0 Å². The highest BCUT2D eigenvalue weighted by Crippen LogP contribution is 2.34. The molecule has 3 aliphatic heterocycles. The Hall–Kier alpha value is -4.96. The van der Waals surface area contributed by atoms with Gasteiger partial charge in [-0.15, -0.1) is 11.8 Å². The Balaban J connectivity index is 0.862. The van der Waals surface area contributed by atoms with Gasteiger partial charge in [0.15, 0.2) is 0 Å². The number of nitro benzene ring substituents is 1. The summed E-state index contributed by atoms with van der Waals surface area (Å²) in [6.07, 6.45) is 5.75. The molecule has 2 N–H and O–H groups in total. The van der Waals surface area contributed by atoms with E-state index in [2.05, 4.69) is 73.1 Å². The Kier molecular flexibility index (Phi) is 16.0. The summed E-state index contributed by atoms with van der Waals surface area (Å²) in [6, 6.07) is 36.9. The number of sulfonamides is 1. The molecule has 5 aromatic rings. The summed E-state index contributed by atoms with van der Waals surface area (Å²) in [5.41, 5.74) is 4.53. The van der Waals surface area contributed by atoms with Crippen molar-refractivity contribution < 1.29 is 18.1 Å². The van der Waals surface area contributed by atoms with Crippen LogP contribution in [0.5, 0.6) is 0 Å². The van der Waals surface area contributed by atoms with Crippen molar-refractivity contribution in [1.82, 2.24) is 19.4 Å². The quantitative estimate of drug-likeness (QED) is 0.0525. The maximum Gasteiger partial charge on any atom is 0.293 e. The standard InChI is InChI=1S/C51H60ClN7O5S2/c1-55-26-21-38(22-27-55)39-23-28-56(29-24-39)30-25-44(37-65-46-8-3-2-4-9-46)53-49-20-19-47(35-50(49)59(61)62)66(63,64)54-51(60)41-13-17-45(18-14-41)58-33-31-57(32-34-58)36-42-7-5-6-10-48(42)40-11-15-43(52)16-12-40/h2-20,35,38-39,44,53H,21-34,36-37H2,1H3,(H,54,60)/t44-/m1/s1. The highest BCUT2D eigenvalue weighted by Gasteiger charge is 2.30. The number of nitrogens with one attached hydrogen (secondary N) is 2. The molecule has 8 rings (SSSR count). The van der Waals surface area contributed by atoms with Gasteiger partial charge in [-0.3, -0.25) is 19.8 Å². The van der Waals surface area contributed by atoms with E-state index in [1.54, 1.807) is 23.9 Å². The number of rotatable bonds is 17. The molecule has 3 aliphatic rings. The van der Waals surface area contributed by atoms with Crippen molar-refractivity contribution in [3.63, 3.8) is 0 Å². The number of piperidine rings is 2. The minimum atomic E-state index is -4.45. The van der Waals surface area contributed by atoms with E-state index in [0.717, 1.165) is 92.8 Å². The van der Waals surface area contributed by atoms with E-state index < -0.39 is 20.9 Å². The molecule has 0 saturated carbocycles. The Morgan fingerprint density at radius 1 is 0.788 bits per heavy atom. The molecule has 1 atom stereocenters. The number of thioether (sulfide) groups is 1. The predicted octanol–water partition coefficient (Wildman–Crippen LogP) is 9.37. The van der Waals surface area contributed by atoms with Gasteiger partial charge in [0.1, 0.15) is 5.69 Å². The molecule has 0 aromatic heterocycles. The molecule has 0 unspecified atom stereocenters.